The summed E-state index contributed by atoms with van der Waals surface area (Å²) in [7, 11) is 1.55. The van der Waals surface area contributed by atoms with Gasteiger partial charge in [-0.05, 0) is 48.4 Å². The van der Waals surface area contributed by atoms with Crippen molar-refractivity contribution in [2.24, 2.45) is 0 Å². The molecule has 0 spiro atoms. The summed E-state index contributed by atoms with van der Waals surface area (Å²) in [5.41, 5.74) is 1.56. The van der Waals surface area contributed by atoms with E-state index >= 15 is 0 Å². The van der Waals surface area contributed by atoms with Crippen LogP contribution in [-0.2, 0) is 4.79 Å². The first-order valence-corrected chi connectivity index (χ1v) is 6.96. The van der Waals surface area contributed by atoms with E-state index in [1.807, 2.05) is 31.2 Å². The van der Waals surface area contributed by atoms with Gasteiger partial charge in [0.2, 0.25) is 0 Å². The number of ether oxygens (including phenoxy) is 2. The lowest BCUT2D eigenvalue weighted by molar-refractivity contribution is -0.130. The summed E-state index contributed by atoms with van der Waals surface area (Å²) in [6.45, 7) is 2.47. The largest absolute Gasteiger partial charge is 0.497 e. The Balaban J connectivity index is 2.42. The maximum atomic E-state index is 11.6. The zero-order valence-corrected chi connectivity index (χ0v) is 12.6. The molecule has 0 radical (unpaired) electrons. The van der Waals surface area contributed by atoms with E-state index in [2.05, 4.69) is 0 Å². The van der Waals surface area contributed by atoms with E-state index in [4.69, 9.17) is 9.47 Å². The van der Waals surface area contributed by atoms with Gasteiger partial charge in [0, 0.05) is 0 Å². The van der Waals surface area contributed by atoms with Gasteiger partial charge in [-0.2, -0.15) is 0 Å². The fourth-order valence-corrected chi connectivity index (χ4v) is 2.09. The predicted octanol–water partition coefficient (Wildman–Crippen LogP) is 3.72. The monoisotopic (exact) mass is 298 g/mol. The van der Waals surface area contributed by atoms with Gasteiger partial charge >= 0.3 is 5.97 Å². The standard InChI is InChI=1S/C18H18O4/c1-3-22-16-9-4-6-13(10-16)11-17(18(19)20)14-7-5-8-15(12-14)21-2/h4-12H,3H2,1-2H3,(H,19,20)/b17-11+. The fourth-order valence-electron chi connectivity index (χ4n) is 2.09. The molecule has 0 saturated carbocycles. The molecule has 0 aliphatic carbocycles. The van der Waals surface area contributed by atoms with Crippen LogP contribution >= 0.6 is 0 Å². The van der Waals surface area contributed by atoms with Gasteiger partial charge in [0.05, 0.1) is 19.3 Å². The lowest BCUT2D eigenvalue weighted by Gasteiger charge is -2.07. The van der Waals surface area contributed by atoms with Crippen LogP contribution in [0.25, 0.3) is 11.6 Å². The third kappa shape index (κ3) is 3.88. The van der Waals surface area contributed by atoms with Crippen molar-refractivity contribution >= 4 is 17.6 Å². The van der Waals surface area contributed by atoms with Crippen molar-refractivity contribution in [3.05, 3.63) is 59.7 Å². The second-order valence-corrected chi connectivity index (χ2v) is 4.60. The first-order chi connectivity index (χ1) is 10.6. The van der Waals surface area contributed by atoms with Crippen LogP contribution < -0.4 is 9.47 Å². The van der Waals surface area contributed by atoms with Crippen LogP contribution in [0.5, 0.6) is 11.5 Å². The Kier molecular flexibility index (Phi) is 5.20. The molecule has 2 rings (SSSR count). The Morgan fingerprint density at radius 1 is 1.14 bits per heavy atom. The topological polar surface area (TPSA) is 55.8 Å². The van der Waals surface area contributed by atoms with Gasteiger partial charge in [0.25, 0.3) is 0 Å². The molecule has 22 heavy (non-hydrogen) atoms. The summed E-state index contributed by atoms with van der Waals surface area (Å²) in [5.74, 6) is 0.342. The van der Waals surface area contributed by atoms with Gasteiger partial charge in [-0.1, -0.05) is 24.3 Å². The first-order valence-electron chi connectivity index (χ1n) is 6.96. The summed E-state index contributed by atoms with van der Waals surface area (Å²) in [6, 6.07) is 14.3. The average Bonchev–Trinajstić information content (AvgIpc) is 2.53. The SMILES string of the molecule is CCOc1cccc(/C=C(/C(=O)O)c2cccc(OC)c2)c1. The molecule has 0 aromatic heterocycles. The summed E-state index contributed by atoms with van der Waals surface area (Å²) in [6.07, 6.45) is 1.62. The Morgan fingerprint density at radius 3 is 2.55 bits per heavy atom. The molecule has 0 amide bonds. The maximum Gasteiger partial charge on any atom is 0.336 e. The zero-order chi connectivity index (χ0) is 15.9. The number of benzene rings is 2. The fraction of sp³-hybridized carbons (Fsp3) is 0.167. The zero-order valence-electron chi connectivity index (χ0n) is 12.6. The van der Waals surface area contributed by atoms with E-state index in [1.54, 1.807) is 37.5 Å². The van der Waals surface area contributed by atoms with Crippen molar-refractivity contribution in [3.8, 4) is 11.5 Å². The molecular formula is C18H18O4. The highest BCUT2D eigenvalue weighted by Gasteiger charge is 2.11. The molecule has 0 fully saturated rings. The van der Waals surface area contributed by atoms with Crippen LogP contribution in [0.3, 0.4) is 0 Å². The van der Waals surface area contributed by atoms with E-state index in [1.165, 1.54) is 0 Å². The molecule has 0 saturated heterocycles. The second kappa shape index (κ2) is 7.31. The summed E-state index contributed by atoms with van der Waals surface area (Å²) in [5, 5.41) is 9.48. The summed E-state index contributed by atoms with van der Waals surface area (Å²) >= 11 is 0. The normalized spacial score (nSPS) is 11.1. The van der Waals surface area contributed by atoms with Crippen LogP contribution in [0.2, 0.25) is 0 Å². The van der Waals surface area contributed by atoms with E-state index < -0.39 is 5.97 Å². The molecule has 0 bridgehead atoms. The maximum absolute atomic E-state index is 11.6. The minimum Gasteiger partial charge on any atom is -0.497 e. The van der Waals surface area contributed by atoms with Crippen LogP contribution in [0.4, 0.5) is 0 Å². The average molecular weight is 298 g/mol. The quantitative estimate of drug-likeness (QED) is 0.652. The van der Waals surface area contributed by atoms with Crippen molar-refractivity contribution in [1.82, 2.24) is 0 Å². The van der Waals surface area contributed by atoms with Crippen LogP contribution in [0, 0.1) is 0 Å². The molecule has 114 valence electrons. The summed E-state index contributed by atoms with van der Waals surface area (Å²) in [4.78, 5) is 11.6. The Morgan fingerprint density at radius 2 is 1.86 bits per heavy atom. The highest BCUT2D eigenvalue weighted by Crippen LogP contribution is 2.24. The van der Waals surface area contributed by atoms with Crippen LogP contribution in [0.15, 0.2) is 48.5 Å². The number of aliphatic carboxylic acids is 1. The highest BCUT2D eigenvalue weighted by atomic mass is 16.5. The predicted molar refractivity (Wildman–Crippen MR) is 86.1 cm³/mol. The van der Waals surface area contributed by atoms with E-state index in [0.717, 1.165) is 5.56 Å². The van der Waals surface area contributed by atoms with E-state index in [-0.39, 0.29) is 5.57 Å². The smallest absolute Gasteiger partial charge is 0.336 e. The Labute approximate surface area is 129 Å². The van der Waals surface area contributed by atoms with Gasteiger partial charge in [-0.15, -0.1) is 0 Å². The van der Waals surface area contributed by atoms with Crippen molar-refractivity contribution in [1.29, 1.82) is 0 Å². The van der Waals surface area contributed by atoms with Gasteiger partial charge in [-0.25, -0.2) is 4.79 Å². The number of hydrogen-bond acceptors (Lipinski definition) is 3. The Bertz CT molecular complexity index is 689. The minimum atomic E-state index is -0.991. The number of carboxylic acids is 1. The molecule has 2 aromatic rings. The first kappa shape index (κ1) is 15.6. The highest BCUT2D eigenvalue weighted by molar-refractivity contribution is 6.20. The minimum absolute atomic E-state index is 0.201. The summed E-state index contributed by atoms with van der Waals surface area (Å²) < 4.78 is 10.6. The second-order valence-electron chi connectivity index (χ2n) is 4.60. The van der Waals surface area contributed by atoms with Gasteiger partial charge in [-0.3, -0.25) is 0 Å². The van der Waals surface area contributed by atoms with Gasteiger partial charge < -0.3 is 14.6 Å². The van der Waals surface area contributed by atoms with Crippen molar-refractivity contribution < 1.29 is 19.4 Å². The van der Waals surface area contributed by atoms with Crippen molar-refractivity contribution in [3.63, 3.8) is 0 Å². The van der Waals surface area contributed by atoms with Crippen LogP contribution in [0.1, 0.15) is 18.1 Å². The molecule has 0 aliphatic heterocycles. The van der Waals surface area contributed by atoms with E-state index in [9.17, 15) is 9.90 Å². The van der Waals surface area contributed by atoms with E-state index in [0.29, 0.717) is 23.7 Å². The van der Waals surface area contributed by atoms with Crippen LogP contribution in [-0.4, -0.2) is 24.8 Å². The number of rotatable bonds is 6. The molecule has 0 aliphatic rings. The third-order valence-electron chi connectivity index (χ3n) is 3.09. The van der Waals surface area contributed by atoms with Crippen molar-refractivity contribution in [2.75, 3.05) is 13.7 Å². The molecule has 1 N–H and O–H groups in total. The Hall–Kier alpha value is -2.75. The number of hydrogen-bond donors (Lipinski definition) is 1. The van der Waals surface area contributed by atoms with Gasteiger partial charge in [0.1, 0.15) is 11.5 Å². The molecule has 0 unspecified atom stereocenters. The van der Waals surface area contributed by atoms with Gasteiger partial charge in [0.15, 0.2) is 0 Å². The molecular weight excluding hydrogens is 280 g/mol. The molecule has 0 atom stereocenters. The van der Waals surface area contributed by atoms with Crippen molar-refractivity contribution in [2.45, 2.75) is 6.92 Å². The number of methoxy groups -OCH3 is 1. The molecule has 4 nitrogen and oxygen atoms in total. The number of carboxylic acid groups (broad SMARTS) is 1. The lowest BCUT2D eigenvalue weighted by atomic mass is 10.0. The molecule has 2 aromatic carbocycles. The number of carbonyl (C=O) groups is 1. The lowest BCUT2D eigenvalue weighted by Crippen LogP contribution is -2.00. The molecule has 0 heterocycles. The third-order valence-corrected chi connectivity index (χ3v) is 3.09. The molecule has 4 heteroatoms.